The van der Waals surface area contributed by atoms with Crippen molar-refractivity contribution in [2.75, 3.05) is 13.1 Å². The summed E-state index contributed by atoms with van der Waals surface area (Å²) in [6.07, 6.45) is 3.95. The Labute approximate surface area is 167 Å². The van der Waals surface area contributed by atoms with Crippen molar-refractivity contribution in [1.82, 2.24) is 14.3 Å². The highest BCUT2D eigenvalue weighted by molar-refractivity contribution is 7.89. The quantitative estimate of drug-likeness (QED) is 0.614. The van der Waals surface area contributed by atoms with Gasteiger partial charge in [0.15, 0.2) is 0 Å². The van der Waals surface area contributed by atoms with Crippen molar-refractivity contribution in [2.24, 2.45) is 0 Å². The Kier molecular flexibility index (Phi) is 7.60. The number of sulfonamides is 2. The minimum absolute atomic E-state index is 0.0298. The van der Waals surface area contributed by atoms with Gasteiger partial charge in [-0.2, -0.15) is 9.03 Å². The van der Waals surface area contributed by atoms with E-state index in [9.17, 15) is 21.6 Å². The lowest BCUT2D eigenvalue weighted by Crippen LogP contribution is -2.47. The Morgan fingerprint density at radius 3 is 2.04 bits per heavy atom. The molecule has 1 aliphatic rings. The molecular weight excluding hydrogens is 402 g/mol. The summed E-state index contributed by atoms with van der Waals surface area (Å²) in [5, 5.41) is 2.86. The molecule has 0 radical (unpaired) electrons. The molecule has 0 aliphatic heterocycles. The number of nitrogens with one attached hydrogen (secondary N) is 2. The normalized spacial score (nSPS) is 17.0. The molecule has 28 heavy (non-hydrogen) atoms. The summed E-state index contributed by atoms with van der Waals surface area (Å²) < 4.78 is 53.7. The van der Waals surface area contributed by atoms with Crippen molar-refractivity contribution in [3.63, 3.8) is 0 Å². The molecule has 1 saturated carbocycles. The minimum Gasteiger partial charge on any atom is -0.352 e. The van der Waals surface area contributed by atoms with E-state index in [0.29, 0.717) is 13.1 Å². The summed E-state index contributed by atoms with van der Waals surface area (Å²) in [5.74, 6) is -0.365. The molecule has 1 aromatic rings. The van der Waals surface area contributed by atoms with E-state index in [-0.39, 0.29) is 21.7 Å². The molecule has 1 amide bonds. The van der Waals surface area contributed by atoms with Gasteiger partial charge in [0, 0.05) is 19.1 Å². The van der Waals surface area contributed by atoms with Gasteiger partial charge in [0.2, 0.25) is 26.0 Å². The van der Waals surface area contributed by atoms with E-state index < -0.39 is 26.1 Å². The fourth-order valence-electron chi connectivity index (χ4n) is 3.25. The summed E-state index contributed by atoms with van der Waals surface area (Å²) in [7, 11) is -7.61. The van der Waals surface area contributed by atoms with Crippen LogP contribution in [0.4, 0.5) is 0 Å². The van der Waals surface area contributed by atoms with E-state index in [1.54, 1.807) is 13.8 Å². The molecule has 1 aliphatic carbocycles. The largest absolute Gasteiger partial charge is 0.352 e. The molecule has 0 bridgehead atoms. The molecule has 2 N–H and O–H groups in total. The van der Waals surface area contributed by atoms with Crippen LogP contribution in [0.2, 0.25) is 0 Å². The number of rotatable bonds is 9. The summed E-state index contributed by atoms with van der Waals surface area (Å²) in [5.41, 5.74) is 0. The van der Waals surface area contributed by atoms with Crippen LogP contribution in [0.1, 0.15) is 46.5 Å². The molecule has 0 unspecified atom stereocenters. The van der Waals surface area contributed by atoms with Gasteiger partial charge in [0.25, 0.3) is 0 Å². The lowest BCUT2D eigenvalue weighted by atomic mass is 10.2. The van der Waals surface area contributed by atoms with Crippen molar-refractivity contribution in [3.8, 4) is 0 Å². The molecule has 0 spiro atoms. The van der Waals surface area contributed by atoms with Crippen molar-refractivity contribution < 1.29 is 21.6 Å². The van der Waals surface area contributed by atoms with E-state index in [1.807, 2.05) is 0 Å². The first-order valence-corrected chi connectivity index (χ1v) is 12.5. The highest BCUT2D eigenvalue weighted by Gasteiger charge is 2.26. The Morgan fingerprint density at radius 2 is 1.54 bits per heavy atom. The van der Waals surface area contributed by atoms with Crippen LogP contribution in [0.25, 0.3) is 0 Å². The second-order valence-corrected chi connectivity index (χ2v) is 10.5. The van der Waals surface area contributed by atoms with E-state index in [2.05, 4.69) is 10.0 Å². The highest BCUT2D eigenvalue weighted by Crippen LogP contribution is 2.19. The van der Waals surface area contributed by atoms with Gasteiger partial charge in [-0.05, 0) is 44.0 Å². The second kappa shape index (κ2) is 9.34. The molecular formula is C18H29N3O5S2. The van der Waals surface area contributed by atoms with E-state index in [4.69, 9.17) is 0 Å². The maximum Gasteiger partial charge on any atom is 0.243 e. The molecule has 0 saturated heterocycles. The zero-order chi connectivity index (χ0) is 20.9. The van der Waals surface area contributed by atoms with E-state index in [1.165, 1.54) is 35.5 Å². The van der Waals surface area contributed by atoms with Crippen molar-refractivity contribution in [2.45, 2.75) is 68.3 Å². The Balaban J connectivity index is 2.10. The molecule has 2 rings (SSSR count). The van der Waals surface area contributed by atoms with Gasteiger partial charge in [-0.15, -0.1) is 0 Å². The van der Waals surface area contributed by atoms with Crippen LogP contribution in [-0.4, -0.2) is 52.2 Å². The van der Waals surface area contributed by atoms with E-state index in [0.717, 1.165) is 25.7 Å². The van der Waals surface area contributed by atoms with Crippen molar-refractivity contribution in [3.05, 3.63) is 24.3 Å². The third kappa shape index (κ3) is 5.31. The number of benzene rings is 1. The number of nitrogens with zero attached hydrogens (tertiary/aromatic N) is 1. The molecule has 1 aromatic carbocycles. The molecule has 0 heterocycles. The molecule has 10 heteroatoms. The summed E-state index contributed by atoms with van der Waals surface area (Å²) in [6.45, 7) is 5.62. The zero-order valence-corrected chi connectivity index (χ0v) is 18.1. The van der Waals surface area contributed by atoms with Gasteiger partial charge in [-0.3, -0.25) is 4.79 Å². The van der Waals surface area contributed by atoms with Crippen LogP contribution in [0, 0.1) is 0 Å². The number of amides is 1. The van der Waals surface area contributed by atoms with Gasteiger partial charge in [-0.25, -0.2) is 16.8 Å². The van der Waals surface area contributed by atoms with Crippen molar-refractivity contribution in [1.29, 1.82) is 0 Å². The van der Waals surface area contributed by atoms with Crippen LogP contribution < -0.4 is 10.0 Å². The van der Waals surface area contributed by atoms with Gasteiger partial charge in [-0.1, -0.05) is 26.7 Å². The third-order valence-corrected chi connectivity index (χ3v) is 8.52. The average Bonchev–Trinajstić information content (AvgIpc) is 3.15. The van der Waals surface area contributed by atoms with Crippen molar-refractivity contribution >= 4 is 26.0 Å². The molecule has 1 atom stereocenters. The molecule has 1 fully saturated rings. The lowest BCUT2D eigenvalue weighted by molar-refractivity contribution is -0.123. The SMILES string of the molecule is CCN(CC)S(=O)(=O)c1ccc(S(=O)(=O)N[C@H](C)C(=O)NC2CCCC2)cc1. The lowest BCUT2D eigenvalue weighted by Gasteiger charge is -2.19. The minimum atomic E-state index is -3.95. The van der Waals surface area contributed by atoms with E-state index >= 15 is 0 Å². The highest BCUT2D eigenvalue weighted by atomic mass is 32.2. The molecule has 8 nitrogen and oxygen atoms in total. The molecule has 0 aromatic heterocycles. The standard InChI is InChI=1S/C18H29N3O5S2/c1-4-21(5-2)28(25,26)17-12-10-16(11-13-17)27(23,24)20-14(3)18(22)19-15-8-6-7-9-15/h10-15,20H,4-9H2,1-3H3,(H,19,22)/t14-/m1/s1. The van der Waals surface area contributed by atoms with Crippen LogP contribution in [0.3, 0.4) is 0 Å². The second-order valence-electron chi connectivity index (χ2n) is 6.89. The first kappa shape index (κ1) is 22.8. The smallest absolute Gasteiger partial charge is 0.243 e. The summed E-state index contributed by atoms with van der Waals surface area (Å²) in [6, 6.07) is 4.19. The van der Waals surface area contributed by atoms with Gasteiger partial charge < -0.3 is 5.32 Å². The third-order valence-electron chi connectivity index (χ3n) is 4.90. The summed E-state index contributed by atoms with van der Waals surface area (Å²) >= 11 is 0. The van der Waals surface area contributed by atoms with Crippen LogP contribution in [-0.2, 0) is 24.8 Å². The zero-order valence-electron chi connectivity index (χ0n) is 16.5. The van der Waals surface area contributed by atoms with Crippen LogP contribution in [0.15, 0.2) is 34.1 Å². The van der Waals surface area contributed by atoms with Gasteiger partial charge in [0.05, 0.1) is 15.8 Å². The Bertz CT molecular complexity index is 872. The predicted octanol–water partition coefficient (Wildman–Crippen LogP) is 1.44. The van der Waals surface area contributed by atoms with Gasteiger partial charge >= 0.3 is 0 Å². The predicted molar refractivity (Wildman–Crippen MR) is 107 cm³/mol. The average molecular weight is 432 g/mol. The number of carbonyl (C=O) groups is 1. The first-order valence-electron chi connectivity index (χ1n) is 9.54. The number of carbonyl (C=O) groups excluding carboxylic acids is 1. The fraction of sp³-hybridized carbons (Fsp3) is 0.611. The number of hydrogen-bond acceptors (Lipinski definition) is 5. The summed E-state index contributed by atoms with van der Waals surface area (Å²) in [4.78, 5) is 12.2. The maximum absolute atomic E-state index is 12.5. The first-order chi connectivity index (χ1) is 13.1. The molecule has 158 valence electrons. The maximum atomic E-state index is 12.5. The monoisotopic (exact) mass is 431 g/mol. The number of hydrogen-bond donors (Lipinski definition) is 2. The fourth-order valence-corrected chi connectivity index (χ4v) is 5.91. The van der Waals surface area contributed by atoms with Crippen LogP contribution >= 0.6 is 0 Å². The van der Waals surface area contributed by atoms with Crippen LogP contribution in [0.5, 0.6) is 0 Å². The van der Waals surface area contributed by atoms with Gasteiger partial charge in [0.1, 0.15) is 0 Å². The Hall–Kier alpha value is -1.49. The Morgan fingerprint density at radius 1 is 1.04 bits per heavy atom. The topological polar surface area (TPSA) is 113 Å².